The van der Waals surface area contributed by atoms with Crippen molar-refractivity contribution in [1.82, 2.24) is 0 Å². The van der Waals surface area contributed by atoms with Crippen LogP contribution < -0.4 is 0 Å². The van der Waals surface area contributed by atoms with Crippen molar-refractivity contribution in [1.29, 1.82) is 0 Å². The number of phosphoric acid groups is 3. The van der Waals surface area contributed by atoms with Gasteiger partial charge in [-0.1, -0.05) is 6.92 Å². The zero-order valence-electron chi connectivity index (χ0n) is 10.2. The highest BCUT2D eigenvalue weighted by atomic mass is 31.3. The van der Waals surface area contributed by atoms with Crippen molar-refractivity contribution in [3.63, 3.8) is 0 Å². The first kappa shape index (κ1) is 22.6. The van der Waals surface area contributed by atoms with Gasteiger partial charge >= 0.3 is 23.5 Å². The minimum atomic E-state index is -5.46. The lowest BCUT2D eigenvalue weighted by atomic mass is 10.2. The van der Waals surface area contributed by atoms with Crippen molar-refractivity contribution < 1.29 is 57.0 Å². The summed E-state index contributed by atoms with van der Waals surface area (Å²) in [6.45, 7) is 1.98. The Hall–Kier alpha value is 0.330. The van der Waals surface area contributed by atoms with Crippen LogP contribution in [-0.2, 0) is 22.3 Å². The van der Waals surface area contributed by atoms with Crippen LogP contribution in [0, 0.1) is 0 Å². The number of rotatable bonds is 7. The third-order valence-corrected chi connectivity index (χ3v) is 4.71. The molecule has 0 aliphatic rings. The van der Waals surface area contributed by atoms with Crippen LogP contribution >= 0.6 is 23.5 Å². The zero-order valence-corrected chi connectivity index (χ0v) is 12.9. The predicted molar refractivity (Wildman–Crippen MR) is 64.1 cm³/mol. The minimum absolute atomic E-state index is 0.0923. The summed E-state index contributed by atoms with van der Waals surface area (Å²) in [6, 6.07) is 0. The fourth-order valence-electron chi connectivity index (χ4n) is 0.637. The van der Waals surface area contributed by atoms with Gasteiger partial charge in [0.2, 0.25) is 0 Å². The second-order valence-electron chi connectivity index (χ2n) is 3.19. The van der Waals surface area contributed by atoms with Gasteiger partial charge in [0.15, 0.2) is 0 Å². The van der Waals surface area contributed by atoms with E-state index in [2.05, 4.69) is 8.62 Å². The summed E-state index contributed by atoms with van der Waals surface area (Å²) in [4.78, 5) is 40.2. The summed E-state index contributed by atoms with van der Waals surface area (Å²) in [5.74, 6) is 0. The molecular formula is C5H17O12P3. The molecule has 0 aromatic heterocycles. The second kappa shape index (κ2) is 9.37. The first-order chi connectivity index (χ1) is 8.72. The smallest absolute Gasteiger partial charge is 0.396 e. The van der Waals surface area contributed by atoms with E-state index >= 15 is 0 Å². The van der Waals surface area contributed by atoms with Crippen LogP contribution in [0.25, 0.3) is 0 Å². The van der Waals surface area contributed by atoms with Crippen LogP contribution in [0.5, 0.6) is 0 Å². The highest BCUT2D eigenvalue weighted by Gasteiger charge is 2.38. The SMILES string of the molecule is CCC(O)CCO.O=P(O)(O)OP(=O)(O)OP(=O)(O)O. The molecule has 0 radical (unpaired) electrons. The molecule has 1 atom stereocenters. The lowest BCUT2D eigenvalue weighted by Gasteiger charge is -2.11. The fraction of sp³-hybridized carbons (Fsp3) is 1.00. The van der Waals surface area contributed by atoms with Crippen LogP contribution in [0.3, 0.4) is 0 Å². The Labute approximate surface area is 114 Å². The first-order valence-corrected chi connectivity index (χ1v) is 9.43. The Balaban J connectivity index is 0. The lowest BCUT2D eigenvalue weighted by molar-refractivity contribution is 0.129. The summed E-state index contributed by atoms with van der Waals surface area (Å²) in [5, 5.41) is 16.9. The quantitative estimate of drug-likeness (QED) is 0.284. The maximum atomic E-state index is 10.4. The molecule has 0 amide bonds. The Morgan fingerprint density at radius 2 is 1.30 bits per heavy atom. The third-order valence-electron chi connectivity index (χ3n) is 1.35. The van der Waals surface area contributed by atoms with E-state index in [0.717, 1.165) is 6.42 Å². The van der Waals surface area contributed by atoms with Crippen LogP contribution in [0.15, 0.2) is 0 Å². The van der Waals surface area contributed by atoms with Crippen molar-refractivity contribution in [3.05, 3.63) is 0 Å². The average molecular weight is 362 g/mol. The molecule has 0 saturated carbocycles. The van der Waals surface area contributed by atoms with E-state index in [1.54, 1.807) is 0 Å². The Morgan fingerprint density at radius 1 is 0.950 bits per heavy atom. The predicted octanol–water partition coefficient (Wildman–Crippen LogP) is -0.555. The molecule has 0 aliphatic carbocycles. The Bertz CT molecular complexity index is 368. The Kier molecular flexibility index (Phi) is 10.6. The van der Waals surface area contributed by atoms with Crippen molar-refractivity contribution in [2.45, 2.75) is 25.9 Å². The van der Waals surface area contributed by atoms with Crippen LogP contribution in [-0.4, -0.2) is 47.4 Å². The monoisotopic (exact) mass is 362 g/mol. The topological polar surface area (TPSA) is 211 Å². The maximum Gasteiger partial charge on any atom is 0.490 e. The molecule has 0 spiro atoms. The van der Waals surface area contributed by atoms with Gasteiger partial charge in [-0.25, -0.2) is 13.7 Å². The van der Waals surface area contributed by atoms with Crippen molar-refractivity contribution in [3.8, 4) is 0 Å². The van der Waals surface area contributed by atoms with E-state index in [0.29, 0.717) is 6.42 Å². The van der Waals surface area contributed by atoms with E-state index in [4.69, 9.17) is 34.7 Å². The lowest BCUT2D eigenvalue weighted by Crippen LogP contribution is -2.05. The van der Waals surface area contributed by atoms with E-state index < -0.39 is 23.5 Å². The molecule has 0 bridgehead atoms. The van der Waals surface area contributed by atoms with Crippen LogP contribution in [0.1, 0.15) is 19.8 Å². The summed E-state index contributed by atoms with van der Waals surface area (Å²) in [6.07, 6.45) is 0.946. The molecule has 0 rings (SSSR count). The van der Waals surface area contributed by atoms with Gasteiger partial charge in [-0.05, 0) is 12.8 Å². The summed E-state index contributed by atoms with van der Waals surface area (Å²) in [7, 11) is -16.2. The molecule has 0 heterocycles. The standard InChI is InChI=1S/C5H12O2.H5O10P3/c1-2-5(7)3-4-6;1-11(2,3)9-13(7,8)10-12(4,5)6/h5-7H,2-4H2,1H3;(H,7,8)(H2,1,2,3)(H2,4,5,6). The molecule has 15 heteroatoms. The third kappa shape index (κ3) is 18.3. The molecule has 7 N–H and O–H groups in total. The van der Waals surface area contributed by atoms with Crippen LogP contribution in [0.2, 0.25) is 0 Å². The number of hydrogen-bond donors (Lipinski definition) is 7. The fourth-order valence-corrected chi connectivity index (χ4v) is 3.18. The maximum absolute atomic E-state index is 10.4. The van der Waals surface area contributed by atoms with Crippen molar-refractivity contribution >= 4 is 23.5 Å². The van der Waals surface area contributed by atoms with Gasteiger partial charge < -0.3 is 34.7 Å². The van der Waals surface area contributed by atoms with E-state index in [1.807, 2.05) is 6.92 Å². The summed E-state index contributed by atoms with van der Waals surface area (Å²) >= 11 is 0. The van der Waals surface area contributed by atoms with E-state index in [9.17, 15) is 13.7 Å². The summed E-state index contributed by atoms with van der Waals surface area (Å²) < 4.78 is 36.4. The van der Waals surface area contributed by atoms with Gasteiger partial charge in [-0.3, -0.25) is 0 Å². The van der Waals surface area contributed by atoms with Gasteiger partial charge in [0, 0.05) is 6.61 Å². The van der Waals surface area contributed by atoms with E-state index in [-0.39, 0.29) is 12.7 Å². The van der Waals surface area contributed by atoms with Gasteiger partial charge in [0.05, 0.1) is 6.10 Å². The molecule has 0 aliphatic heterocycles. The molecule has 0 saturated heterocycles. The molecule has 124 valence electrons. The van der Waals surface area contributed by atoms with Crippen LogP contribution in [0.4, 0.5) is 0 Å². The van der Waals surface area contributed by atoms with Gasteiger partial charge in [-0.2, -0.15) is 8.62 Å². The van der Waals surface area contributed by atoms with Gasteiger partial charge in [-0.15, -0.1) is 0 Å². The zero-order chi connectivity index (χ0) is 16.6. The normalized spacial score (nSPS) is 14.4. The second-order valence-corrected chi connectivity index (χ2v) is 7.39. The van der Waals surface area contributed by atoms with Gasteiger partial charge in [0.25, 0.3) is 0 Å². The number of aliphatic hydroxyl groups is 2. The van der Waals surface area contributed by atoms with E-state index in [1.165, 1.54) is 0 Å². The highest BCUT2D eigenvalue weighted by molar-refractivity contribution is 7.66. The molecule has 20 heavy (non-hydrogen) atoms. The first-order valence-electron chi connectivity index (χ1n) is 4.88. The van der Waals surface area contributed by atoms with Crippen molar-refractivity contribution in [2.24, 2.45) is 0 Å². The molecule has 0 aromatic carbocycles. The molecule has 0 aromatic rings. The highest BCUT2D eigenvalue weighted by Crippen LogP contribution is 2.64. The average Bonchev–Trinajstić information content (AvgIpc) is 2.10. The Morgan fingerprint density at radius 3 is 1.45 bits per heavy atom. The number of aliphatic hydroxyl groups excluding tert-OH is 2. The largest absolute Gasteiger partial charge is 0.490 e. The summed E-state index contributed by atoms with van der Waals surface area (Å²) in [5.41, 5.74) is 0. The molecule has 1 unspecified atom stereocenters. The molecular weight excluding hydrogens is 345 g/mol. The molecule has 0 fully saturated rings. The van der Waals surface area contributed by atoms with Crippen molar-refractivity contribution in [2.75, 3.05) is 6.61 Å². The molecule has 12 nitrogen and oxygen atoms in total. The minimum Gasteiger partial charge on any atom is -0.396 e. The number of hydrogen-bond acceptors (Lipinski definition) is 7. The van der Waals surface area contributed by atoms with Gasteiger partial charge in [0.1, 0.15) is 0 Å².